The summed E-state index contributed by atoms with van der Waals surface area (Å²) in [6.07, 6.45) is 0. The molecule has 0 saturated heterocycles. The van der Waals surface area contributed by atoms with Crippen LogP contribution in [-0.2, 0) is 7.05 Å². The van der Waals surface area contributed by atoms with Crippen LogP contribution in [0.25, 0.3) is 0 Å². The Bertz CT molecular complexity index is 1140. The number of rotatable bonds is 5. The molecule has 0 atom stereocenters. The fourth-order valence-corrected chi connectivity index (χ4v) is 3.13. The van der Waals surface area contributed by atoms with Crippen LogP contribution < -0.4 is 10.7 Å². The van der Waals surface area contributed by atoms with Crippen molar-refractivity contribution in [1.29, 1.82) is 0 Å². The molecular weight excluding hydrogens is 453 g/mol. The summed E-state index contributed by atoms with van der Waals surface area (Å²) >= 11 is 3.35. The second-order valence-electron chi connectivity index (χ2n) is 6.52. The first-order chi connectivity index (χ1) is 14.3. The second-order valence-corrected chi connectivity index (χ2v) is 7.31. The lowest BCUT2D eigenvalue weighted by atomic mass is 10.1. The number of hydrazone groups is 1. The molecule has 0 radical (unpaired) electrons. The number of carbonyl (C=O) groups is 2. The van der Waals surface area contributed by atoms with Crippen LogP contribution in [0.1, 0.15) is 39.0 Å². The standard InChI is InChI=1S/C21H19BrFN5O2/c1-12(25-26-21(30)19-18(22)13(2)28(3)27-19)14-8-10-15(11-9-14)24-20(29)16-6-4-5-7-17(16)23/h4-11H,1-3H3,(H,24,29)(H,26,30). The van der Waals surface area contributed by atoms with Crippen LogP contribution in [0, 0.1) is 12.7 Å². The van der Waals surface area contributed by atoms with Gasteiger partial charge in [0.2, 0.25) is 0 Å². The van der Waals surface area contributed by atoms with Crippen LogP contribution in [0.4, 0.5) is 10.1 Å². The molecule has 2 N–H and O–H groups in total. The number of halogens is 2. The predicted molar refractivity (Wildman–Crippen MR) is 116 cm³/mol. The molecule has 1 heterocycles. The molecule has 30 heavy (non-hydrogen) atoms. The zero-order valence-electron chi connectivity index (χ0n) is 16.5. The van der Waals surface area contributed by atoms with Crippen molar-refractivity contribution >= 4 is 39.1 Å². The van der Waals surface area contributed by atoms with E-state index in [1.807, 2.05) is 6.92 Å². The number of aromatic nitrogens is 2. The SMILES string of the molecule is CC(=NNC(=O)c1nn(C)c(C)c1Br)c1ccc(NC(=O)c2ccccc2F)cc1. The summed E-state index contributed by atoms with van der Waals surface area (Å²) < 4.78 is 15.9. The summed E-state index contributed by atoms with van der Waals surface area (Å²) in [6.45, 7) is 3.58. The first-order valence-corrected chi connectivity index (χ1v) is 9.77. The molecule has 9 heteroatoms. The second kappa shape index (κ2) is 9.00. The Morgan fingerprint density at radius 2 is 1.77 bits per heavy atom. The van der Waals surface area contributed by atoms with Gasteiger partial charge >= 0.3 is 0 Å². The first-order valence-electron chi connectivity index (χ1n) is 8.98. The van der Waals surface area contributed by atoms with Gasteiger partial charge in [0.25, 0.3) is 11.8 Å². The van der Waals surface area contributed by atoms with E-state index in [4.69, 9.17) is 0 Å². The van der Waals surface area contributed by atoms with E-state index in [9.17, 15) is 14.0 Å². The quantitative estimate of drug-likeness (QED) is 0.434. The van der Waals surface area contributed by atoms with Crippen LogP contribution in [0.5, 0.6) is 0 Å². The Balaban J connectivity index is 1.66. The highest BCUT2D eigenvalue weighted by molar-refractivity contribution is 9.10. The number of nitrogens with zero attached hydrogens (tertiary/aromatic N) is 3. The topological polar surface area (TPSA) is 88.4 Å². The Kier molecular flexibility index (Phi) is 6.41. The summed E-state index contributed by atoms with van der Waals surface area (Å²) in [5.74, 6) is -1.55. The molecule has 0 unspecified atom stereocenters. The molecule has 7 nitrogen and oxygen atoms in total. The maximum absolute atomic E-state index is 13.7. The molecule has 2 amide bonds. The van der Waals surface area contributed by atoms with E-state index in [0.717, 1.165) is 11.3 Å². The van der Waals surface area contributed by atoms with Gasteiger partial charge < -0.3 is 5.32 Å². The highest BCUT2D eigenvalue weighted by atomic mass is 79.9. The minimum absolute atomic E-state index is 0.0297. The molecule has 0 aliphatic heterocycles. The molecule has 1 aromatic heterocycles. The van der Waals surface area contributed by atoms with Crippen LogP contribution in [-0.4, -0.2) is 27.3 Å². The molecule has 2 aromatic carbocycles. The lowest BCUT2D eigenvalue weighted by molar-refractivity contribution is 0.0947. The fraction of sp³-hybridized carbons (Fsp3) is 0.143. The van der Waals surface area contributed by atoms with E-state index in [0.29, 0.717) is 15.9 Å². The summed E-state index contributed by atoms with van der Waals surface area (Å²) in [6, 6.07) is 12.6. The number of carbonyl (C=O) groups excluding carboxylic acids is 2. The number of anilines is 1. The number of hydrogen-bond donors (Lipinski definition) is 2. The molecule has 0 bridgehead atoms. The number of benzene rings is 2. The monoisotopic (exact) mass is 471 g/mol. The average Bonchev–Trinajstić information content (AvgIpc) is 3.00. The van der Waals surface area contributed by atoms with Crippen molar-refractivity contribution in [1.82, 2.24) is 15.2 Å². The lowest BCUT2D eigenvalue weighted by Gasteiger charge is -2.07. The maximum atomic E-state index is 13.7. The average molecular weight is 472 g/mol. The lowest BCUT2D eigenvalue weighted by Crippen LogP contribution is -2.20. The van der Waals surface area contributed by atoms with Crippen molar-refractivity contribution in [3.8, 4) is 0 Å². The smallest absolute Gasteiger partial charge is 0.293 e. The molecule has 3 aromatic rings. The molecule has 0 spiro atoms. The van der Waals surface area contributed by atoms with Crippen LogP contribution in [0.3, 0.4) is 0 Å². The summed E-state index contributed by atoms with van der Waals surface area (Å²) in [5.41, 5.74) is 5.36. The molecule has 0 fully saturated rings. The first kappa shape index (κ1) is 21.4. The van der Waals surface area contributed by atoms with E-state index in [1.165, 1.54) is 18.2 Å². The molecule has 3 rings (SSSR count). The van der Waals surface area contributed by atoms with Gasteiger partial charge in [-0.3, -0.25) is 14.3 Å². The normalized spacial score (nSPS) is 11.3. The Morgan fingerprint density at radius 3 is 2.37 bits per heavy atom. The molecule has 0 saturated carbocycles. The van der Waals surface area contributed by atoms with Crippen LogP contribution in [0.15, 0.2) is 58.1 Å². The molecule has 0 aliphatic carbocycles. The van der Waals surface area contributed by atoms with E-state index >= 15 is 0 Å². The third kappa shape index (κ3) is 4.62. The predicted octanol–water partition coefficient (Wildman–Crippen LogP) is 4.04. The van der Waals surface area contributed by atoms with E-state index in [-0.39, 0.29) is 11.3 Å². The zero-order chi connectivity index (χ0) is 21.8. The summed E-state index contributed by atoms with van der Waals surface area (Å²) in [5, 5.41) is 10.9. The maximum Gasteiger partial charge on any atom is 0.293 e. The number of hydrogen-bond acceptors (Lipinski definition) is 4. The Labute approximate surface area is 181 Å². The van der Waals surface area contributed by atoms with Crippen molar-refractivity contribution in [2.75, 3.05) is 5.32 Å². The number of amides is 2. The third-order valence-corrected chi connectivity index (χ3v) is 5.43. The molecular formula is C21H19BrFN5O2. The van der Waals surface area contributed by atoms with Crippen molar-refractivity contribution < 1.29 is 14.0 Å². The van der Waals surface area contributed by atoms with Crippen molar-refractivity contribution in [2.45, 2.75) is 13.8 Å². The van der Waals surface area contributed by atoms with E-state index < -0.39 is 17.6 Å². The van der Waals surface area contributed by atoms with Gasteiger partial charge in [-0.25, -0.2) is 9.82 Å². The molecule has 0 aliphatic rings. The highest BCUT2D eigenvalue weighted by Gasteiger charge is 2.17. The van der Waals surface area contributed by atoms with Gasteiger partial charge in [-0.1, -0.05) is 24.3 Å². The van der Waals surface area contributed by atoms with Crippen LogP contribution >= 0.6 is 15.9 Å². The zero-order valence-corrected chi connectivity index (χ0v) is 18.1. The Morgan fingerprint density at radius 1 is 1.10 bits per heavy atom. The van der Waals surface area contributed by atoms with Crippen LogP contribution in [0.2, 0.25) is 0 Å². The van der Waals surface area contributed by atoms with E-state index in [2.05, 4.69) is 36.9 Å². The van der Waals surface area contributed by atoms with Crippen molar-refractivity contribution in [3.05, 3.63) is 81.3 Å². The highest BCUT2D eigenvalue weighted by Crippen LogP contribution is 2.20. The van der Waals surface area contributed by atoms with Gasteiger partial charge in [-0.05, 0) is 59.6 Å². The summed E-state index contributed by atoms with van der Waals surface area (Å²) in [4.78, 5) is 24.5. The minimum atomic E-state index is -0.583. The van der Waals surface area contributed by atoms with Gasteiger partial charge in [-0.15, -0.1) is 0 Å². The van der Waals surface area contributed by atoms with E-state index in [1.54, 1.807) is 49.0 Å². The van der Waals surface area contributed by atoms with Gasteiger partial charge in [0.1, 0.15) is 5.82 Å². The largest absolute Gasteiger partial charge is 0.322 e. The molecule has 154 valence electrons. The fourth-order valence-electron chi connectivity index (χ4n) is 2.62. The van der Waals surface area contributed by atoms with Crippen molar-refractivity contribution in [2.24, 2.45) is 12.1 Å². The minimum Gasteiger partial charge on any atom is -0.322 e. The van der Waals surface area contributed by atoms with Crippen molar-refractivity contribution in [3.63, 3.8) is 0 Å². The van der Waals surface area contributed by atoms with Gasteiger partial charge in [0.05, 0.1) is 21.4 Å². The third-order valence-electron chi connectivity index (χ3n) is 4.48. The van der Waals surface area contributed by atoms with Gasteiger partial charge in [-0.2, -0.15) is 10.2 Å². The number of nitrogens with one attached hydrogen (secondary N) is 2. The van der Waals surface area contributed by atoms with Gasteiger partial charge in [0.15, 0.2) is 5.69 Å². The Hall–Kier alpha value is -3.33. The number of aryl methyl sites for hydroxylation is 1. The summed E-state index contributed by atoms with van der Waals surface area (Å²) in [7, 11) is 1.75. The van der Waals surface area contributed by atoms with Gasteiger partial charge in [0, 0.05) is 12.7 Å².